The molecule has 1 saturated heterocycles. The number of carbonyl (C=O) groups is 1. The van der Waals surface area contributed by atoms with Crippen molar-refractivity contribution in [2.45, 2.75) is 43.5 Å². The summed E-state index contributed by atoms with van der Waals surface area (Å²) in [6, 6.07) is 0.491. The highest BCUT2D eigenvalue weighted by atomic mass is 79.9. The molecule has 4 heteroatoms. The van der Waals surface area contributed by atoms with Gasteiger partial charge in [-0.15, -0.1) is 0 Å². The lowest BCUT2D eigenvalue weighted by Crippen LogP contribution is -2.45. The van der Waals surface area contributed by atoms with Crippen LogP contribution in [0.25, 0.3) is 0 Å². The van der Waals surface area contributed by atoms with Gasteiger partial charge in [-0.05, 0) is 33.1 Å². The van der Waals surface area contributed by atoms with Gasteiger partial charge in [-0.25, -0.2) is 0 Å². The molecule has 1 saturated carbocycles. The molecule has 0 spiro atoms. The van der Waals surface area contributed by atoms with Gasteiger partial charge in [-0.3, -0.25) is 4.79 Å². The highest BCUT2D eigenvalue weighted by molar-refractivity contribution is 9.10. The summed E-state index contributed by atoms with van der Waals surface area (Å²) in [5.74, 6) is 0.765. The van der Waals surface area contributed by atoms with Crippen molar-refractivity contribution in [2.75, 3.05) is 19.8 Å². The molecule has 1 aliphatic carbocycles. The van der Waals surface area contributed by atoms with Crippen LogP contribution >= 0.6 is 15.9 Å². The van der Waals surface area contributed by atoms with Crippen LogP contribution < -0.4 is 0 Å². The number of ether oxygens (including phenoxy) is 1. The molecule has 1 unspecified atom stereocenters. The third-order valence-corrected chi connectivity index (χ3v) is 3.58. The molecule has 0 bridgehead atoms. The highest BCUT2D eigenvalue weighted by Crippen LogP contribution is 2.32. The molecular formula is C12H20BrNO2. The normalized spacial score (nSPS) is 25.8. The first-order valence-electron chi connectivity index (χ1n) is 6.06. The molecule has 2 rings (SSSR count). The summed E-state index contributed by atoms with van der Waals surface area (Å²) in [6.45, 7) is 6.40. The quantitative estimate of drug-likeness (QED) is 0.743. The summed E-state index contributed by atoms with van der Waals surface area (Å²) in [7, 11) is 0. The Morgan fingerprint density at radius 3 is 2.56 bits per heavy atom. The van der Waals surface area contributed by atoms with Gasteiger partial charge in [0.05, 0.1) is 10.9 Å². The first kappa shape index (κ1) is 12.4. The number of rotatable bonds is 4. The Morgan fingerprint density at radius 2 is 2.12 bits per heavy atom. The third-order valence-electron chi connectivity index (χ3n) is 3.24. The maximum Gasteiger partial charge on any atom is 0.239 e. The van der Waals surface area contributed by atoms with Crippen LogP contribution in [-0.2, 0) is 9.53 Å². The average molecular weight is 290 g/mol. The van der Waals surface area contributed by atoms with E-state index < -0.39 is 4.32 Å². The maximum atomic E-state index is 12.3. The summed E-state index contributed by atoms with van der Waals surface area (Å²) in [6.07, 6.45) is 3.43. The second-order valence-corrected chi connectivity index (χ2v) is 7.37. The molecule has 0 aromatic rings. The van der Waals surface area contributed by atoms with E-state index in [0.717, 1.165) is 26.2 Å². The standard InChI is InChI=1S/C12H20BrNO2/c1-12(2,13)11(15)14(10-3-4-10)7-9-5-6-16-8-9/h9-10H,3-8H2,1-2H3. The Balaban J connectivity index is 1.96. The summed E-state index contributed by atoms with van der Waals surface area (Å²) in [5.41, 5.74) is 0. The lowest BCUT2D eigenvalue weighted by molar-refractivity contribution is -0.134. The van der Waals surface area contributed by atoms with Gasteiger partial charge >= 0.3 is 0 Å². The minimum Gasteiger partial charge on any atom is -0.381 e. The molecule has 0 aromatic heterocycles. The highest BCUT2D eigenvalue weighted by Gasteiger charge is 2.39. The van der Waals surface area contributed by atoms with Gasteiger partial charge in [-0.2, -0.15) is 0 Å². The first-order valence-corrected chi connectivity index (χ1v) is 6.85. The monoisotopic (exact) mass is 289 g/mol. The zero-order chi connectivity index (χ0) is 11.8. The fraction of sp³-hybridized carbons (Fsp3) is 0.917. The van der Waals surface area contributed by atoms with Crippen LogP contribution in [0.2, 0.25) is 0 Å². The van der Waals surface area contributed by atoms with Crippen molar-refractivity contribution in [3.05, 3.63) is 0 Å². The van der Waals surface area contributed by atoms with Crippen molar-refractivity contribution in [3.63, 3.8) is 0 Å². The lowest BCUT2D eigenvalue weighted by atomic mass is 10.1. The fourth-order valence-electron chi connectivity index (χ4n) is 2.13. The molecule has 0 radical (unpaired) electrons. The van der Waals surface area contributed by atoms with Crippen LogP contribution in [0.1, 0.15) is 33.1 Å². The molecule has 3 nitrogen and oxygen atoms in total. The van der Waals surface area contributed by atoms with Crippen molar-refractivity contribution < 1.29 is 9.53 Å². The van der Waals surface area contributed by atoms with Gasteiger partial charge in [0.2, 0.25) is 5.91 Å². The van der Waals surface area contributed by atoms with Crippen LogP contribution in [0.5, 0.6) is 0 Å². The van der Waals surface area contributed by atoms with Crippen LogP contribution in [0.4, 0.5) is 0 Å². The second kappa shape index (κ2) is 4.65. The summed E-state index contributed by atoms with van der Waals surface area (Å²) < 4.78 is 4.94. The van der Waals surface area contributed by atoms with Crippen LogP contribution in [-0.4, -0.2) is 40.9 Å². The van der Waals surface area contributed by atoms with E-state index in [4.69, 9.17) is 4.74 Å². The Labute approximate surface area is 106 Å². The molecule has 0 N–H and O–H groups in total. The fourth-order valence-corrected chi connectivity index (χ4v) is 2.36. The second-order valence-electron chi connectivity index (χ2n) is 5.39. The van der Waals surface area contributed by atoms with Gasteiger partial charge in [0, 0.05) is 25.1 Å². The Hall–Kier alpha value is -0.0900. The summed E-state index contributed by atoms with van der Waals surface area (Å²) >= 11 is 3.47. The van der Waals surface area contributed by atoms with Gasteiger partial charge in [0.15, 0.2) is 0 Å². The molecule has 1 amide bonds. The molecule has 2 aliphatic rings. The minimum absolute atomic E-state index is 0.224. The zero-order valence-electron chi connectivity index (χ0n) is 10.0. The number of hydrogen-bond donors (Lipinski definition) is 0. The molecule has 16 heavy (non-hydrogen) atoms. The van der Waals surface area contributed by atoms with Crippen LogP contribution in [0, 0.1) is 5.92 Å². The predicted molar refractivity (Wildman–Crippen MR) is 66.7 cm³/mol. The van der Waals surface area contributed by atoms with Crippen molar-refractivity contribution in [1.29, 1.82) is 0 Å². The minimum atomic E-state index is -0.435. The van der Waals surface area contributed by atoms with E-state index in [1.165, 1.54) is 12.8 Å². The van der Waals surface area contributed by atoms with Crippen molar-refractivity contribution >= 4 is 21.8 Å². The number of amides is 1. The van der Waals surface area contributed by atoms with Crippen LogP contribution in [0.3, 0.4) is 0 Å². The van der Waals surface area contributed by atoms with Gasteiger partial charge in [0.1, 0.15) is 0 Å². The molecule has 0 aromatic carbocycles. The van der Waals surface area contributed by atoms with Crippen molar-refractivity contribution in [1.82, 2.24) is 4.90 Å². The third kappa shape index (κ3) is 2.98. The molecular weight excluding hydrogens is 270 g/mol. The Bertz CT molecular complexity index is 265. The van der Waals surface area contributed by atoms with E-state index in [-0.39, 0.29) is 5.91 Å². The van der Waals surface area contributed by atoms with Crippen molar-refractivity contribution in [2.24, 2.45) is 5.92 Å². The Morgan fingerprint density at radius 1 is 1.44 bits per heavy atom. The number of hydrogen-bond acceptors (Lipinski definition) is 2. The number of nitrogens with zero attached hydrogens (tertiary/aromatic N) is 1. The van der Waals surface area contributed by atoms with E-state index in [1.54, 1.807) is 0 Å². The predicted octanol–water partition coefficient (Wildman–Crippen LogP) is 2.19. The van der Waals surface area contributed by atoms with E-state index in [9.17, 15) is 4.79 Å². The molecule has 92 valence electrons. The lowest BCUT2D eigenvalue weighted by Gasteiger charge is -2.30. The summed E-state index contributed by atoms with van der Waals surface area (Å²) in [5, 5.41) is 0. The first-order chi connectivity index (χ1) is 7.48. The molecule has 1 heterocycles. The molecule has 1 atom stereocenters. The topological polar surface area (TPSA) is 29.5 Å². The van der Waals surface area contributed by atoms with E-state index >= 15 is 0 Å². The largest absolute Gasteiger partial charge is 0.381 e. The molecule has 1 aliphatic heterocycles. The zero-order valence-corrected chi connectivity index (χ0v) is 11.6. The van der Waals surface area contributed by atoms with Gasteiger partial charge < -0.3 is 9.64 Å². The smallest absolute Gasteiger partial charge is 0.239 e. The number of carbonyl (C=O) groups excluding carboxylic acids is 1. The number of halogens is 1. The Kier molecular flexibility index (Phi) is 3.59. The van der Waals surface area contributed by atoms with E-state index in [0.29, 0.717) is 12.0 Å². The van der Waals surface area contributed by atoms with Gasteiger partial charge in [-0.1, -0.05) is 15.9 Å². The van der Waals surface area contributed by atoms with Crippen molar-refractivity contribution in [3.8, 4) is 0 Å². The van der Waals surface area contributed by atoms with Gasteiger partial charge in [0.25, 0.3) is 0 Å². The molecule has 2 fully saturated rings. The number of alkyl halides is 1. The van der Waals surface area contributed by atoms with E-state index in [1.807, 2.05) is 13.8 Å². The SMILES string of the molecule is CC(C)(Br)C(=O)N(CC1CCOC1)C1CC1. The average Bonchev–Trinajstić information content (AvgIpc) is 2.90. The van der Waals surface area contributed by atoms with Crippen LogP contribution in [0.15, 0.2) is 0 Å². The van der Waals surface area contributed by atoms with E-state index in [2.05, 4.69) is 20.8 Å². The maximum absolute atomic E-state index is 12.3. The summed E-state index contributed by atoms with van der Waals surface area (Å²) in [4.78, 5) is 14.3.